The third-order valence-corrected chi connectivity index (χ3v) is 1.76. The van der Waals surface area contributed by atoms with E-state index in [2.05, 4.69) is 0 Å². The zero-order valence-corrected chi connectivity index (χ0v) is 5.86. The van der Waals surface area contributed by atoms with Crippen LogP contribution in [-0.4, -0.2) is 54.2 Å². The summed E-state index contributed by atoms with van der Waals surface area (Å²) < 4.78 is 0. The Labute approximate surface area is 60.0 Å². The van der Waals surface area contributed by atoms with Gasteiger partial charge in [-0.05, 0) is 0 Å². The number of hydrogen-bond donors (Lipinski definition) is 1. The normalized spacial score (nSPS) is 21.1. The Morgan fingerprint density at radius 2 is 1.90 bits per heavy atom. The van der Waals surface area contributed by atoms with Gasteiger partial charge in [0.15, 0.2) is 0 Å². The number of aliphatic hydroxyl groups is 1. The van der Waals surface area contributed by atoms with Gasteiger partial charge in [-0.3, -0.25) is 9.69 Å². The van der Waals surface area contributed by atoms with Crippen molar-refractivity contribution in [2.45, 2.75) is 0 Å². The first-order valence-corrected chi connectivity index (χ1v) is 3.39. The highest BCUT2D eigenvalue weighted by atomic mass is 16.3. The molecule has 1 N–H and O–H groups in total. The molecule has 0 bridgehead atoms. The third kappa shape index (κ3) is 1.68. The highest BCUT2D eigenvalue weighted by Gasteiger charge is 2.13. The average Bonchev–Trinajstić information content (AvgIpc) is 2.05. The fraction of sp³-hybridized carbons (Fsp3) is 0.833. The lowest BCUT2D eigenvalue weighted by Crippen LogP contribution is -2.45. The van der Waals surface area contributed by atoms with Gasteiger partial charge in [0.2, 0.25) is 6.41 Å². The van der Waals surface area contributed by atoms with Gasteiger partial charge in [-0.2, -0.15) is 0 Å². The summed E-state index contributed by atoms with van der Waals surface area (Å²) in [5.41, 5.74) is 0. The quantitative estimate of drug-likeness (QED) is 0.490. The Kier molecular flexibility index (Phi) is 2.65. The van der Waals surface area contributed by atoms with Crippen molar-refractivity contribution >= 4 is 6.41 Å². The number of aliphatic hydroxyl groups excluding tert-OH is 1. The molecule has 0 spiro atoms. The summed E-state index contributed by atoms with van der Waals surface area (Å²) in [7, 11) is 0. The van der Waals surface area contributed by atoms with E-state index in [0.717, 1.165) is 32.6 Å². The molecular weight excluding hydrogens is 132 g/mol. The Morgan fingerprint density at radius 1 is 1.30 bits per heavy atom. The molecule has 58 valence electrons. The molecule has 1 aliphatic heterocycles. The van der Waals surface area contributed by atoms with E-state index in [0.29, 0.717) is 0 Å². The van der Waals surface area contributed by atoms with Crippen molar-refractivity contribution in [3.8, 4) is 0 Å². The minimum absolute atomic E-state index is 0.104. The second-order valence-electron chi connectivity index (χ2n) is 2.40. The minimum Gasteiger partial charge on any atom is -0.381 e. The summed E-state index contributed by atoms with van der Waals surface area (Å²) in [6.07, 6.45) is 0.856. The van der Waals surface area contributed by atoms with Crippen molar-refractivity contribution in [2.75, 3.05) is 32.9 Å². The van der Waals surface area contributed by atoms with Gasteiger partial charge in [-0.15, -0.1) is 0 Å². The van der Waals surface area contributed by atoms with Crippen LogP contribution < -0.4 is 0 Å². The number of rotatable bonds is 2. The molecule has 1 fully saturated rings. The van der Waals surface area contributed by atoms with Crippen molar-refractivity contribution in [1.82, 2.24) is 9.80 Å². The second kappa shape index (κ2) is 3.53. The van der Waals surface area contributed by atoms with E-state index in [1.807, 2.05) is 4.90 Å². The highest BCUT2D eigenvalue weighted by Crippen LogP contribution is 1.96. The SMILES string of the molecule is O=CN1CCN(CO)CC1. The van der Waals surface area contributed by atoms with Crippen molar-refractivity contribution < 1.29 is 9.90 Å². The molecule has 1 aliphatic rings. The Hall–Kier alpha value is -0.610. The number of carbonyl (C=O) groups excluding carboxylic acids is 1. The van der Waals surface area contributed by atoms with E-state index in [4.69, 9.17) is 5.11 Å². The molecule has 4 nitrogen and oxygen atoms in total. The van der Waals surface area contributed by atoms with Gasteiger partial charge >= 0.3 is 0 Å². The molecule has 0 aliphatic carbocycles. The van der Waals surface area contributed by atoms with Crippen LogP contribution in [0.2, 0.25) is 0 Å². The molecule has 4 heteroatoms. The molecule has 1 heterocycles. The zero-order valence-electron chi connectivity index (χ0n) is 5.86. The molecule has 1 rings (SSSR count). The topological polar surface area (TPSA) is 43.8 Å². The van der Waals surface area contributed by atoms with E-state index in [1.54, 1.807) is 4.90 Å². The van der Waals surface area contributed by atoms with E-state index < -0.39 is 0 Å². The molecule has 1 saturated heterocycles. The van der Waals surface area contributed by atoms with E-state index in [9.17, 15) is 4.79 Å². The van der Waals surface area contributed by atoms with Gasteiger partial charge in [-0.25, -0.2) is 0 Å². The van der Waals surface area contributed by atoms with Gasteiger partial charge in [-0.1, -0.05) is 0 Å². The summed E-state index contributed by atoms with van der Waals surface area (Å²) in [4.78, 5) is 13.8. The summed E-state index contributed by atoms with van der Waals surface area (Å²) in [6, 6.07) is 0. The van der Waals surface area contributed by atoms with Crippen LogP contribution in [0.3, 0.4) is 0 Å². The van der Waals surface area contributed by atoms with Crippen LogP contribution in [0.4, 0.5) is 0 Å². The van der Waals surface area contributed by atoms with E-state index in [-0.39, 0.29) is 6.73 Å². The standard InChI is InChI=1S/C6H12N2O2/c9-5-7-1-2-8(6-10)4-3-7/h5,10H,1-4,6H2. The summed E-state index contributed by atoms with van der Waals surface area (Å²) >= 11 is 0. The number of amides is 1. The molecule has 10 heavy (non-hydrogen) atoms. The molecule has 0 unspecified atom stereocenters. The van der Waals surface area contributed by atoms with Gasteiger partial charge < -0.3 is 10.0 Å². The molecule has 0 atom stereocenters. The van der Waals surface area contributed by atoms with Gasteiger partial charge in [0, 0.05) is 26.2 Å². The largest absolute Gasteiger partial charge is 0.381 e. The van der Waals surface area contributed by atoms with E-state index >= 15 is 0 Å². The second-order valence-corrected chi connectivity index (χ2v) is 2.40. The van der Waals surface area contributed by atoms with Crippen LogP contribution in [0.5, 0.6) is 0 Å². The average molecular weight is 144 g/mol. The monoisotopic (exact) mass is 144 g/mol. The zero-order chi connectivity index (χ0) is 7.40. The predicted octanol–water partition coefficient (Wildman–Crippen LogP) is -1.29. The number of carbonyl (C=O) groups is 1. The Bertz CT molecular complexity index is 110. The van der Waals surface area contributed by atoms with Crippen LogP contribution in [0.25, 0.3) is 0 Å². The number of hydrogen-bond acceptors (Lipinski definition) is 3. The van der Waals surface area contributed by atoms with Crippen molar-refractivity contribution in [3.63, 3.8) is 0 Å². The lowest BCUT2D eigenvalue weighted by atomic mass is 10.3. The van der Waals surface area contributed by atoms with Crippen LogP contribution in [0.1, 0.15) is 0 Å². The number of piperazine rings is 1. The van der Waals surface area contributed by atoms with Crippen molar-refractivity contribution in [3.05, 3.63) is 0 Å². The lowest BCUT2D eigenvalue weighted by Gasteiger charge is -2.30. The lowest BCUT2D eigenvalue weighted by molar-refractivity contribution is -0.120. The molecular formula is C6H12N2O2. The maximum atomic E-state index is 10.2. The summed E-state index contributed by atoms with van der Waals surface area (Å²) in [5, 5.41) is 8.67. The molecule has 0 aromatic rings. The fourth-order valence-corrected chi connectivity index (χ4v) is 1.01. The third-order valence-electron chi connectivity index (χ3n) is 1.76. The maximum Gasteiger partial charge on any atom is 0.209 e. The van der Waals surface area contributed by atoms with Gasteiger partial charge in [0.1, 0.15) is 0 Å². The summed E-state index contributed by atoms with van der Waals surface area (Å²) in [6.45, 7) is 3.16. The van der Waals surface area contributed by atoms with Gasteiger partial charge in [0.05, 0.1) is 6.73 Å². The molecule has 0 saturated carbocycles. The smallest absolute Gasteiger partial charge is 0.209 e. The van der Waals surface area contributed by atoms with Crippen LogP contribution in [0.15, 0.2) is 0 Å². The molecule has 0 aromatic heterocycles. The summed E-state index contributed by atoms with van der Waals surface area (Å²) in [5.74, 6) is 0. The van der Waals surface area contributed by atoms with Crippen LogP contribution >= 0.6 is 0 Å². The first kappa shape index (κ1) is 7.50. The van der Waals surface area contributed by atoms with Crippen molar-refractivity contribution in [1.29, 1.82) is 0 Å². The highest BCUT2D eigenvalue weighted by molar-refractivity contribution is 5.47. The van der Waals surface area contributed by atoms with Gasteiger partial charge in [0.25, 0.3) is 0 Å². The predicted molar refractivity (Wildman–Crippen MR) is 36.3 cm³/mol. The number of nitrogens with zero attached hydrogens (tertiary/aromatic N) is 2. The Morgan fingerprint density at radius 3 is 2.30 bits per heavy atom. The molecule has 0 aromatic carbocycles. The molecule has 1 amide bonds. The first-order valence-electron chi connectivity index (χ1n) is 3.39. The van der Waals surface area contributed by atoms with E-state index in [1.165, 1.54) is 0 Å². The van der Waals surface area contributed by atoms with Crippen LogP contribution in [-0.2, 0) is 4.79 Å². The Balaban J connectivity index is 2.23. The maximum absolute atomic E-state index is 10.2. The minimum atomic E-state index is 0.104. The first-order chi connectivity index (χ1) is 4.86. The molecule has 0 radical (unpaired) electrons. The van der Waals surface area contributed by atoms with Crippen molar-refractivity contribution in [2.24, 2.45) is 0 Å². The van der Waals surface area contributed by atoms with Crippen LogP contribution in [0, 0.1) is 0 Å². The fourth-order valence-electron chi connectivity index (χ4n) is 1.01.